The van der Waals surface area contributed by atoms with Gasteiger partial charge in [-0.15, -0.1) is 0 Å². The van der Waals surface area contributed by atoms with E-state index in [1.807, 2.05) is 0 Å². The average Bonchev–Trinajstić information content (AvgIpc) is 2.87. The normalized spacial score (nSPS) is 12.9. The summed E-state index contributed by atoms with van der Waals surface area (Å²) >= 11 is 6.54. The van der Waals surface area contributed by atoms with E-state index in [1.54, 1.807) is 60.7 Å². The van der Waals surface area contributed by atoms with Gasteiger partial charge in [0.1, 0.15) is 11.5 Å². The molecular formula is C26H16Br2O6. The molecule has 0 radical (unpaired) electrons. The van der Waals surface area contributed by atoms with Crippen LogP contribution in [0.5, 0.6) is 11.5 Å². The molecule has 1 aliphatic carbocycles. The molecule has 0 aromatic heterocycles. The van der Waals surface area contributed by atoms with E-state index in [0.29, 0.717) is 0 Å². The molecule has 4 rings (SSSR count). The van der Waals surface area contributed by atoms with E-state index in [4.69, 9.17) is 9.47 Å². The van der Waals surface area contributed by atoms with Crippen LogP contribution in [0.15, 0.2) is 83.9 Å². The Labute approximate surface area is 211 Å². The second kappa shape index (κ2) is 10.3. The first-order chi connectivity index (χ1) is 16.5. The van der Waals surface area contributed by atoms with Crippen LogP contribution in [0.25, 0.3) is 0 Å². The van der Waals surface area contributed by atoms with Crippen molar-refractivity contribution in [2.45, 2.75) is 0 Å². The lowest BCUT2D eigenvalue weighted by molar-refractivity contribution is 0.0713. The summed E-state index contributed by atoms with van der Waals surface area (Å²) in [5, 5.41) is 0.246. The van der Waals surface area contributed by atoms with E-state index in [-0.39, 0.29) is 55.6 Å². The summed E-state index contributed by atoms with van der Waals surface area (Å²) in [5.41, 5.74) is 0.792. The molecule has 8 heteroatoms. The minimum absolute atomic E-state index is 0.0891. The van der Waals surface area contributed by atoms with E-state index in [1.165, 1.54) is 12.1 Å². The highest BCUT2D eigenvalue weighted by molar-refractivity contribution is 9.09. The van der Waals surface area contributed by atoms with E-state index in [2.05, 4.69) is 31.9 Å². The number of carbonyl (C=O) groups is 4. The van der Waals surface area contributed by atoms with Crippen LogP contribution in [0.4, 0.5) is 0 Å². The Morgan fingerprint density at radius 1 is 0.588 bits per heavy atom. The summed E-state index contributed by atoms with van der Waals surface area (Å²) in [7, 11) is 0. The van der Waals surface area contributed by atoms with Crippen LogP contribution in [0, 0.1) is 0 Å². The second-order valence-electron chi connectivity index (χ2n) is 7.21. The summed E-state index contributed by atoms with van der Waals surface area (Å²) in [6, 6.07) is 19.2. The number of benzene rings is 3. The SMILES string of the molecule is O=C(Oc1ccc(OC(=O)c2ccccc2)c2c1C(=O)C(CBr)=C(CBr)C2=O)c1ccccc1. The summed E-state index contributed by atoms with van der Waals surface area (Å²) in [6.45, 7) is 0. The zero-order chi connectivity index (χ0) is 24.2. The largest absolute Gasteiger partial charge is 0.422 e. The van der Waals surface area contributed by atoms with Crippen LogP contribution in [0.1, 0.15) is 41.4 Å². The molecule has 0 saturated heterocycles. The number of ketones is 2. The van der Waals surface area contributed by atoms with Crippen LogP contribution in [-0.2, 0) is 0 Å². The van der Waals surface area contributed by atoms with E-state index in [0.717, 1.165) is 0 Å². The van der Waals surface area contributed by atoms with Crippen molar-refractivity contribution >= 4 is 55.4 Å². The van der Waals surface area contributed by atoms with Gasteiger partial charge in [0.2, 0.25) is 0 Å². The summed E-state index contributed by atoms with van der Waals surface area (Å²) in [6.07, 6.45) is 0. The van der Waals surface area contributed by atoms with Crippen molar-refractivity contribution in [1.29, 1.82) is 0 Å². The second-order valence-corrected chi connectivity index (χ2v) is 8.33. The molecule has 1 aliphatic rings. The maximum Gasteiger partial charge on any atom is 0.343 e. The molecule has 3 aromatic rings. The Kier molecular flexibility index (Phi) is 7.19. The molecule has 0 N–H and O–H groups in total. The van der Waals surface area contributed by atoms with Gasteiger partial charge in [-0.1, -0.05) is 68.3 Å². The predicted molar refractivity (Wildman–Crippen MR) is 133 cm³/mol. The third kappa shape index (κ3) is 4.51. The molecule has 34 heavy (non-hydrogen) atoms. The van der Waals surface area contributed by atoms with E-state index in [9.17, 15) is 19.2 Å². The van der Waals surface area contributed by atoms with Crippen LogP contribution in [-0.4, -0.2) is 34.2 Å². The Balaban J connectivity index is 1.82. The summed E-state index contributed by atoms with van der Waals surface area (Å²) < 4.78 is 11.0. The van der Waals surface area contributed by atoms with Gasteiger partial charge in [0.05, 0.1) is 22.3 Å². The van der Waals surface area contributed by atoms with Crippen LogP contribution >= 0.6 is 31.9 Å². The predicted octanol–water partition coefficient (Wildman–Crippen LogP) is 5.59. The average molecular weight is 584 g/mol. The fourth-order valence-corrected chi connectivity index (χ4v) is 4.70. The first kappa shape index (κ1) is 23.8. The van der Waals surface area contributed by atoms with Crippen LogP contribution in [0.3, 0.4) is 0 Å². The van der Waals surface area contributed by atoms with Crippen molar-refractivity contribution < 1.29 is 28.7 Å². The number of hydrogen-bond donors (Lipinski definition) is 0. The number of halogens is 2. The van der Waals surface area contributed by atoms with Gasteiger partial charge in [-0.05, 0) is 36.4 Å². The number of carbonyl (C=O) groups excluding carboxylic acids is 4. The van der Waals surface area contributed by atoms with Crippen molar-refractivity contribution in [2.24, 2.45) is 0 Å². The highest BCUT2D eigenvalue weighted by Gasteiger charge is 2.37. The van der Waals surface area contributed by atoms with E-state index < -0.39 is 23.5 Å². The summed E-state index contributed by atoms with van der Waals surface area (Å²) in [5.74, 6) is -2.54. The number of alkyl halides is 2. The number of ether oxygens (including phenoxy) is 2. The Bertz CT molecular complexity index is 1230. The maximum atomic E-state index is 13.4. The molecule has 0 atom stereocenters. The number of fused-ring (bicyclic) bond motifs is 1. The molecular weight excluding hydrogens is 568 g/mol. The van der Waals surface area contributed by atoms with E-state index >= 15 is 0 Å². The lowest BCUT2D eigenvalue weighted by Gasteiger charge is -2.23. The van der Waals surface area contributed by atoms with Crippen molar-refractivity contribution in [1.82, 2.24) is 0 Å². The first-order valence-corrected chi connectivity index (χ1v) is 12.3. The van der Waals surface area contributed by atoms with Gasteiger partial charge in [0.15, 0.2) is 11.6 Å². The minimum Gasteiger partial charge on any atom is -0.422 e. The fourth-order valence-electron chi connectivity index (χ4n) is 3.51. The van der Waals surface area contributed by atoms with Crippen molar-refractivity contribution in [3.8, 4) is 11.5 Å². The Hall–Kier alpha value is -3.36. The van der Waals surface area contributed by atoms with Crippen LogP contribution < -0.4 is 9.47 Å². The molecule has 0 bridgehead atoms. The number of esters is 2. The standard InChI is InChI=1S/C26H16Br2O6/c27-13-17-18(14-28)24(30)22-20(34-26(32)16-9-5-2-6-10-16)12-11-19(21(22)23(17)29)33-25(31)15-7-3-1-4-8-15/h1-12H,13-14H2. The van der Waals surface area contributed by atoms with Gasteiger partial charge in [0.25, 0.3) is 0 Å². The van der Waals surface area contributed by atoms with Gasteiger partial charge in [-0.2, -0.15) is 0 Å². The fraction of sp³-hybridized carbons (Fsp3) is 0.0769. The van der Waals surface area contributed by atoms with Gasteiger partial charge >= 0.3 is 11.9 Å². The monoisotopic (exact) mass is 582 g/mol. The highest BCUT2D eigenvalue weighted by atomic mass is 79.9. The lowest BCUT2D eigenvalue weighted by atomic mass is 9.84. The molecule has 0 aliphatic heterocycles. The molecule has 170 valence electrons. The zero-order valence-electron chi connectivity index (χ0n) is 17.5. The first-order valence-electron chi connectivity index (χ1n) is 10.1. The Morgan fingerprint density at radius 2 is 0.941 bits per heavy atom. The van der Waals surface area contributed by atoms with Crippen molar-refractivity contribution in [3.63, 3.8) is 0 Å². The molecule has 6 nitrogen and oxygen atoms in total. The molecule has 0 heterocycles. The van der Waals surface area contributed by atoms with Crippen molar-refractivity contribution in [2.75, 3.05) is 10.7 Å². The maximum absolute atomic E-state index is 13.4. The van der Waals surface area contributed by atoms with Gasteiger partial charge in [0, 0.05) is 21.8 Å². The molecule has 0 saturated carbocycles. The number of rotatable bonds is 6. The third-order valence-corrected chi connectivity index (χ3v) is 6.31. The topological polar surface area (TPSA) is 86.7 Å². The molecule has 0 amide bonds. The van der Waals surface area contributed by atoms with Gasteiger partial charge in [-0.25, -0.2) is 9.59 Å². The third-order valence-electron chi connectivity index (χ3n) is 5.19. The molecule has 0 unspecified atom stereocenters. The smallest absolute Gasteiger partial charge is 0.343 e. The summed E-state index contributed by atoms with van der Waals surface area (Å²) in [4.78, 5) is 52.2. The Morgan fingerprint density at radius 3 is 1.26 bits per heavy atom. The zero-order valence-corrected chi connectivity index (χ0v) is 20.7. The number of allylic oxidation sites excluding steroid dienone is 2. The van der Waals surface area contributed by atoms with Crippen molar-refractivity contribution in [3.05, 3.63) is 106 Å². The number of hydrogen-bond acceptors (Lipinski definition) is 6. The number of Topliss-reactive ketones (excluding diaryl/α,β-unsaturated/α-hetero) is 2. The molecule has 0 fully saturated rings. The highest BCUT2D eigenvalue weighted by Crippen LogP contribution is 2.39. The lowest BCUT2D eigenvalue weighted by Crippen LogP contribution is -2.26. The van der Waals surface area contributed by atoms with Gasteiger partial charge < -0.3 is 9.47 Å². The quantitative estimate of drug-likeness (QED) is 0.214. The van der Waals surface area contributed by atoms with Crippen LogP contribution in [0.2, 0.25) is 0 Å². The molecule has 0 spiro atoms. The molecule has 3 aromatic carbocycles. The van der Waals surface area contributed by atoms with Gasteiger partial charge in [-0.3, -0.25) is 9.59 Å². The minimum atomic E-state index is -0.687.